The average Bonchev–Trinajstić information content (AvgIpc) is 2.94. The molecule has 0 bridgehead atoms. The maximum atomic E-state index is 12.1. The summed E-state index contributed by atoms with van der Waals surface area (Å²) in [7, 11) is 0. The van der Waals surface area contributed by atoms with Gasteiger partial charge in [0.2, 0.25) is 0 Å². The van der Waals surface area contributed by atoms with Crippen LogP contribution >= 0.6 is 11.6 Å². The van der Waals surface area contributed by atoms with E-state index < -0.39 is 0 Å². The maximum Gasteiger partial charge on any atom is 0.268 e. The van der Waals surface area contributed by atoms with Crippen molar-refractivity contribution in [3.63, 3.8) is 0 Å². The minimum atomic E-state index is -0.0806. The van der Waals surface area contributed by atoms with Crippen LogP contribution in [0, 0.1) is 11.3 Å². The number of hydrogen-bond donors (Lipinski definition) is 1. The Morgan fingerprint density at radius 2 is 2.09 bits per heavy atom. The van der Waals surface area contributed by atoms with Crippen molar-refractivity contribution >= 4 is 28.4 Å². The van der Waals surface area contributed by atoms with E-state index in [1.807, 2.05) is 47.0 Å². The summed E-state index contributed by atoms with van der Waals surface area (Å²) in [5.41, 5.74) is 4.02. The second-order valence-electron chi connectivity index (χ2n) is 5.52. The number of rotatable bonds is 1. The molecule has 2 heterocycles. The number of nitrogens with zero attached hydrogens (tertiary/aromatic N) is 2. The Balaban J connectivity index is 2.10. The Morgan fingerprint density at radius 3 is 2.87 bits per heavy atom. The number of carbonyl (C=O) groups excluding carboxylic acids is 1. The topological polar surface area (TPSA) is 57.8 Å². The van der Waals surface area contributed by atoms with Gasteiger partial charge in [-0.05, 0) is 35.9 Å². The molecule has 1 aliphatic heterocycles. The first-order valence-electron chi connectivity index (χ1n) is 7.29. The van der Waals surface area contributed by atoms with E-state index in [1.165, 1.54) is 0 Å². The van der Waals surface area contributed by atoms with E-state index in [0.717, 1.165) is 22.0 Å². The highest BCUT2D eigenvalue weighted by molar-refractivity contribution is 6.30. The fourth-order valence-electron chi connectivity index (χ4n) is 3.15. The molecule has 0 spiro atoms. The molecule has 4 nitrogen and oxygen atoms in total. The lowest BCUT2D eigenvalue weighted by Gasteiger charge is -2.18. The molecule has 1 aliphatic rings. The van der Waals surface area contributed by atoms with Crippen molar-refractivity contribution in [2.24, 2.45) is 0 Å². The van der Waals surface area contributed by atoms with Gasteiger partial charge in [-0.15, -0.1) is 0 Å². The summed E-state index contributed by atoms with van der Waals surface area (Å²) in [5.74, 6) is -0.0806. The lowest BCUT2D eigenvalue weighted by Crippen LogP contribution is -2.34. The van der Waals surface area contributed by atoms with Gasteiger partial charge >= 0.3 is 0 Å². The summed E-state index contributed by atoms with van der Waals surface area (Å²) in [4.78, 5) is 12.1. The van der Waals surface area contributed by atoms with Crippen molar-refractivity contribution in [1.29, 1.82) is 5.26 Å². The Morgan fingerprint density at radius 1 is 1.22 bits per heavy atom. The number of fused-ring (bicyclic) bond motifs is 3. The van der Waals surface area contributed by atoms with Gasteiger partial charge < -0.3 is 9.88 Å². The summed E-state index contributed by atoms with van der Waals surface area (Å²) in [5, 5.41) is 13.7. The van der Waals surface area contributed by atoms with Crippen molar-refractivity contribution in [3.8, 4) is 17.2 Å². The number of amides is 1. The van der Waals surface area contributed by atoms with Crippen LogP contribution in [0.2, 0.25) is 5.02 Å². The first-order chi connectivity index (χ1) is 11.2. The fraction of sp³-hybridized carbons (Fsp3) is 0.111. The van der Waals surface area contributed by atoms with Crippen molar-refractivity contribution < 1.29 is 4.79 Å². The Hall–Kier alpha value is -2.77. The summed E-state index contributed by atoms with van der Waals surface area (Å²) in [6, 6.07) is 15.3. The molecular formula is C18H12ClN3O. The predicted octanol–water partition coefficient (Wildman–Crippen LogP) is 3.58. The molecule has 0 radical (unpaired) electrons. The molecule has 5 heteroatoms. The number of hydrogen-bond acceptors (Lipinski definition) is 2. The zero-order chi connectivity index (χ0) is 16.0. The largest absolute Gasteiger partial charge is 0.349 e. The van der Waals surface area contributed by atoms with E-state index in [4.69, 9.17) is 11.6 Å². The van der Waals surface area contributed by atoms with Gasteiger partial charge in [-0.2, -0.15) is 5.26 Å². The quantitative estimate of drug-likeness (QED) is 0.744. The first kappa shape index (κ1) is 13.9. The molecule has 1 amide bonds. The van der Waals surface area contributed by atoms with Gasteiger partial charge in [0.25, 0.3) is 5.91 Å². The summed E-state index contributed by atoms with van der Waals surface area (Å²) in [6.07, 6.45) is 0. The van der Waals surface area contributed by atoms with Gasteiger partial charge in [-0.1, -0.05) is 23.7 Å². The molecular weight excluding hydrogens is 310 g/mol. The summed E-state index contributed by atoms with van der Waals surface area (Å²) < 4.78 is 2.02. The molecule has 1 N–H and O–H groups in total. The van der Waals surface area contributed by atoms with E-state index in [1.54, 1.807) is 0 Å². The molecule has 1 aromatic heterocycles. The van der Waals surface area contributed by atoms with Crippen LogP contribution in [0.15, 0.2) is 42.5 Å². The fourth-order valence-corrected chi connectivity index (χ4v) is 3.34. The van der Waals surface area contributed by atoms with Crippen LogP contribution in [0.3, 0.4) is 0 Å². The van der Waals surface area contributed by atoms with E-state index in [2.05, 4.69) is 11.4 Å². The summed E-state index contributed by atoms with van der Waals surface area (Å²) in [6.45, 7) is 1.31. The first-order valence-corrected chi connectivity index (χ1v) is 7.67. The average molecular weight is 322 g/mol. The highest BCUT2D eigenvalue weighted by Crippen LogP contribution is 2.34. The van der Waals surface area contributed by atoms with Crippen molar-refractivity contribution in [2.75, 3.05) is 6.54 Å². The number of aromatic nitrogens is 1. The monoisotopic (exact) mass is 321 g/mol. The summed E-state index contributed by atoms with van der Waals surface area (Å²) >= 11 is 6.12. The molecule has 0 saturated heterocycles. The number of halogens is 1. The number of nitrogens with one attached hydrogen (secondary N) is 1. The van der Waals surface area contributed by atoms with Gasteiger partial charge in [0.05, 0.1) is 17.1 Å². The lowest BCUT2D eigenvalue weighted by atomic mass is 10.00. The Bertz CT molecular complexity index is 997. The van der Waals surface area contributed by atoms with Gasteiger partial charge in [0.15, 0.2) is 0 Å². The smallest absolute Gasteiger partial charge is 0.268 e. The van der Waals surface area contributed by atoms with Crippen LogP contribution in [0.25, 0.3) is 22.0 Å². The number of carbonyl (C=O) groups is 1. The van der Waals surface area contributed by atoms with Gasteiger partial charge in [0, 0.05) is 29.1 Å². The van der Waals surface area contributed by atoms with Crippen molar-refractivity contribution in [1.82, 2.24) is 9.88 Å². The van der Waals surface area contributed by atoms with Crippen LogP contribution in [-0.4, -0.2) is 17.0 Å². The van der Waals surface area contributed by atoms with E-state index >= 15 is 0 Å². The Labute approximate surface area is 137 Å². The second-order valence-corrected chi connectivity index (χ2v) is 5.96. The second kappa shape index (κ2) is 5.15. The highest BCUT2D eigenvalue weighted by atomic mass is 35.5. The standard InChI is InChI=1S/C18H12ClN3O/c19-14-3-1-2-12(8-14)15-7-11(10-20)6-13-9-16-18(23)21-4-5-22(16)17(13)15/h1-3,6-9H,4-5H2,(H,21,23). The minimum absolute atomic E-state index is 0.0806. The zero-order valence-electron chi connectivity index (χ0n) is 12.1. The molecule has 0 unspecified atom stereocenters. The lowest BCUT2D eigenvalue weighted by molar-refractivity contribution is 0.0929. The number of nitriles is 1. The van der Waals surface area contributed by atoms with Gasteiger partial charge in [-0.3, -0.25) is 4.79 Å². The number of benzene rings is 2. The molecule has 0 atom stereocenters. The van der Waals surface area contributed by atoms with Crippen LogP contribution in [-0.2, 0) is 6.54 Å². The van der Waals surface area contributed by atoms with Crippen LogP contribution in [0.4, 0.5) is 0 Å². The van der Waals surface area contributed by atoms with E-state index in [-0.39, 0.29) is 5.91 Å². The van der Waals surface area contributed by atoms with Crippen LogP contribution < -0.4 is 5.32 Å². The van der Waals surface area contributed by atoms with Crippen LogP contribution in [0.1, 0.15) is 16.1 Å². The molecule has 3 aromatic rings. The molecule has 112 valence electrons. The van der Waals surface area contributed by atoms with Gasteiger partial charge in [0.1, 0.15) is 5.69 Å². The van der Waals surface area contributed by atoms with Crippen molar-refractivity contribution in [3.05, 3.63) is 58.7 Å². The maximum absolute atomic E-state index is 12.1. The molecule has 0 aliphatic carbocycles. The van der Waals surface area contributed by atoms with Crippen LogP contribution in [0.5, 0.6) is 0 Å². The molecule has 23 heavy (non-hydrogen) atoms. The third-order valence-electron chi connectivity index (χ3n) is 4.11. The Kier molecular flexibility index (Phi) is 3.10. The predicted molar refractivity (Wildman–Crippen MR) is 89.4 cm³/mol. The SMILES string of the molecule is N#Cc1cc(-c2cccc(Cl)c2)c2c(c1)cc1n2CCNC1=O. The van der Waals surface area contributed by atoms with Gasteiger partial charge in [-0.25, -0.2) is 0 Å². The highest BCUT2D eigenvalue weighted by Gasteiger charge is 2.22. The molecule has 4 rings (SSSR count). The molecule has 2 aromatic carbocycles. The van der Waals surface area contributed by atoms with Crippen molar-refractivity contribution in [2.45, 2.75) is 6.54 Å². The van der Waals surface area contributed by atoms with E-state index in [0.29, 0.717) is 29.4 Å². The minimum Gasteiger partial charge on any atom is -0.349 e. The third-order valence-corrected chi connectivity index (χ3v) is 4.35. The normalized spacial score (nSPS) is 13.5. The zero-order valence-corrected chi connectivity index (χ0v) is 12.9. The van der Waals surface area contributed by atoms with E-state index in [9.17, 15) is 10.1 Å². The third kappa shape index (κ3) is 2.18. The molecule has 0 saturated carbocycles. The molecule has 0 fully saturated rings.